The molecule has 2 fully saturated rings. The van der Waals surface area contributed by atoms with E-state index in [-0.39, 0.29) is 0 Å². The lowest BCUT2D eigenvalue weighted by Gasteiger charge is -2.25. The van der Waals surface area contributed by atoms with Crippen molar-refractivity contribution in [1.82, 2.24) is 15.3 Å². The molecule has 2 aromatic heterocycles. The molecule has 1 aliphatic heterocycles. The zero-order valence-electron chi connectivity index (χ0n) is 13.7. The summed E-state index contributed by atoms with van der Waals surface area (Å²) in [5.41, 5.74) is 1.29. The number of nitrogens with zero attached hydrogens (tertiary/aromatic N) is 2. The average molecular weight is 310 g/mol. The van der Waals surface area contributed by atoms with Gasteiger partial charge in [-0.2, -0.15) is 0 Å². The number of hydrogen-bond acceptors (Lipinski definition) is 4. The van der Waals surface area contributed by atoms with E-state index in [4.69, 9.17) is 4.98 Å². The SMILES string of the molecule is c1cc2cnc(NC3CCNCC3)cc2c(C2CCCCC2)n1. The van der Waals surface area contributed by atoms with Crippen LogP contribution in [0.25, 0.3) is 10.8 Å². The first kappa shape index (κ1) is 14.9. The zero-order chi connectivity index (χ0) is 15.5. The maximum absolute atomic E-state index is 4.75. The smallest absolute Gasteiger partial charge is 0.126 e. The van der Waals surface area contributed by atoms with Crippen molar-refractivity contribution in [3.8, 4) is 0 Å². The van der Waals surface area contributed by atoms with E-state index < -0.39 is 0 Å². The Morgan fingerprint density at radius 3 is 2.65 bits per heavy atom. The summed E-state index contributed by atoms with van der Waals surface area (Å²) in [6.07, 6.45) is 12.9. The number of nitrogens with one attached hydrogen (secondary N) is 2. The molecule has 1 aliphatic carbocycles. The van der Waals surface area contributed by atoms with Crippen molar-refractivity contribution in [3.05, 3.63) is 30.2 Å². The lowest BCUT2D eigenvalue weighted by atomic mass is 9.85. The zero-order valence-corrected chi connectivity index (χ0v) is 13.7. The van der Waals surface area contributed by atoms with E-state index in [0.717, 1.165) is 18.9 Å². The fourth-order valence-electron chi connectivity index (χ4n) is 4.04. The van der Waals surface area contributed by atoms with Crippen LogP contribution in [0.3, 0.4) is 0 Å². The van der Waals surface area contributed by atoms with Crippen LogP contribution >= 0.6 is 0 Å². The molecule has 2 N–H and O–H groups in total. The largest absolute Gasteiger partial charge is 0.367 e. The highest BCUT2D eigenvalue weighted by Crippen LogP contribution is 2.35. The van der Waals surface area contributed by atoms with Gasteiger partial charge in [0.1, 0.15) is 5.82 Å². The predicted molar refractivity (Wildman–Crippen MR) is 94.9 cm³/mol. The van der Waals surface area contributed by atoms with Crippen LogP contribution < -0.4 is 10.6 Å². The van der Waals surface area contributed by atoms with Crippen LogP contribution in [0.5, 0.6) is 0 Å². The lowest BCUT2D eigenvalue weighted by Crippen LogP contribution is -2.35. The van der Waals surface area contributed by atoms with Gasteiger partial charge in [-0.1, -0.05) is 19.3 Å². The Kier molecular flexibility index (Phi) is 4.42. The molecule has 0 radical (unpaired) electrons. The van der Waals surface area contributed by atoms with Crippen LogP contribution in [0.2, 0.25) is 0 Å². The fourth-order valence-corrected chi connectivity index (χ4v) is 4.04. The Bertz CT molecular complexity index is 657. The molecule has 0 spiro atoms. The van der Waals surface area contributed by atoms with Crippen LogP contribution in [0.15, 0.2) is 24.5 Å². The van der Waals surface area contributed by atoms with Gasteiger partial charge in [0.15, 0.2) is 0 Å². The van der Waals surface area contributed by atoms with E-state index in [1.807, 2.05) is 12.4 Å². The first-order chi connectivity index (χ1) is 11.4. The summed E-state index contributed by atoms with van der Waals surface area (Å²) in [7, 11) is 0. The Morgan fingerprint density at radius 1 is 1.00 bits per heavy atom. The molecule has 0 bridgehead atoms. The molecule has 1 saturated carbocycles. The number of aromatic nitrogens is 2. The van der Waals surface area contributed by atoms with Gasteiger partial charge in [0.25, 0.3) is 0 Å². The Balaban J connectivity index is 1.63. The van der Waals surface area contributed by atoms with Crippen LogP contribution in [0.1, 0.15) is 56.6 Å². The van der Waals surface area contributed by atoms with E-state index in [0.29, 0.717) is 12.0 Å². The van der Waals surface area contributed by atoms with Gasteiger partial charge < -0.3 is 10.6 Å². The van der Waals surface area contributed by atoms with Crippen molar-refractivity contribution in [2.45, 2.75) is 56.9 Å². The van der Waals surface area contributed by atoms with Crippen LogP contribution in [-0.2, 0) is 0 Å². The summed E-state index contributed by atoms with van der Waals surface area (Å²) in [5.74, 6) is 1.64. The van der Waals surface area contributed by atoms with Gasteiger partial charge in [0, 0.05) is 35.1 Å². The highest BCUT2D eigenvalue weighted by molar-refractivity contribution is 5.86. The monoisotopic (exact) mass is 310 g/mol. The van der Waals surface area contributed by atoms with Gasteiger partial charge in [0.05, 0.1) is 5.69 Å². The summed E-state index contributed by atoms with van der Waals surface area (Å²) >= 11 is 0. The van der Waals surface area contributed by atoms with Crippen LogP contribution in [0.4, 0.5) is 5.82 Å². The van der Waals surface area contributed by atoms with E-state index in [9.17, 15) is 0 Å². The standard InChI is InChI=1S/C19H26N4/c1-2-4-14(5-3-1)19-17-12-18(22-13-15(17)6-11-21-19)23-16-7-9-20-10-8-16/h6,11-14,16,20H,1-5,7-10H2,(H,22,23). The fraction of sp³-hybridized carbons (Fsp3) is 0.579. The van der Waals surface area contributed by atoms with E-state index in [1.54, 1.807) is 0 Å². The molecule has 0 unspecified atom stereocenters. The molecule has 3 heterocycles. The minimum Gasteiger partial charge on any atom is -0.367 e. The van der Waals surface area contributed by atoms with E-state index >= 15 is 0 Å². The number of rotatable bonds is 3. The number of anilines is 1. The predicted octanol–water partition coefficient (Wildman–Crippen LogP) is 3.84. The van der Waals surface area contributed by atoms with Crippen LogP contribution in [-0.4, -0.2) is 29.1 Å². The second kappa shape index (κ2) is 6.83. The molecule has 4 heteroatoms. The topological polar surface area (TPSA) is 49.8 Å². The van der Waals surface area contributed by atoms with Crippen molar-refractivity contribution in [2.75, 3.05) is 18.4 Å². The summed E-state index contributed by atoms with van der Waals surface area (Å²) in [4.78, 5) is 9.38. The number of hydrogen-bond donors (Lipinski definition) is 2. The highest BCUT2D eigenvalue weighted by Gasteiger charge is 2.20. The molecular formula is C19H26N4. The molecule has 2 aliphatic rings. The normalized spacial score (nSPS) is 20.7. The maximum Gasteiger partial charge on any atom is 0.126 e. The Hall–Kier alpha value is -1.68. The van der Waals surface area contributed by atoms with Gasteiger partial charge in [-0.05, 0) is 50.9 Å². The number of piperidine rings is 1. The average Bonchev–Trinajstić information content (AvgIpc) is 2.63. The second-order valence-electron chi connectivity index (χ2n) is 6.99. The molecule has 122 valence electrons. The van der Waals surface area contributed by atoms with Gasteiger partial charge in [-0.25, -0.2) is 4.98 Å². The summed E-state index contributed by atoms with van der Waals surface area (Å²) < 4.78 is 0. The van der Waals surface area contributed by atoms with Crippen molar-refractivity contribution >= 4 is 16.6 Å². The second-order valence-corrected chi connectivity index (χ2v) is 6.99. The van der Waals surface area contributed by atoms with Crippen molar-refractivity contribution < 1.29 is 0 Å². The third-order valence-electron chi connectivity index (χ3n) is 5.36. The lowest BCUT2D eigenvalue weighted by molar-refractivity contribution is 0.439. The Labute approximate surface area is 138 Å². The first-order valence-corrected chi connectivity index (χ1v) is 9.12. The summed E-state index contributed by atoms with van der Waals surface area (Å²) in [6, 6.07) is 4.85. The highest BCUT2D eigenvalue weighted by atomic mass is 15.0. The minimum absolute atomic E-state index is 0.538. The summed E-state index contributed by atoms with van der Waals surface area (Å²) in [5, 5.41) is 9.55. The molecule has 0 atom stereocenters. The molecule has 2 aromatic rings. The van der Waals surface area contributed by atoms with E-state index in [2.05, 4.69) is 27.8 Å². The quantitative estimate of drug-likeness (QED) is 0.904. The van der Waals surface area contributed by atoms with Gasteiger partial charge in [-0.15, -0.1) is 0 Å². The Morgan fingerprint density at radius 2 is 1.83 bits per heavy atom. The molecule has 1 saturated heterocycles. The van der Waals surface area contributed by atoms with Crippen LogP contribution in [0, 0.1) is 0 Å². The molecular weight excluding hydrogens is 284 g/mol. The number of pyridine rings is 2. The van der Waals surface area contributed by atoms with Gasteiger partial charge >= 0.3 is 0 Å². The molecule has 23 heavy (non-hydrogen) atoms. The van der Waals surface area contributed by atoms with Gasteiger partial charge in [0.2, 0.25) is 0 Å². The molecule has 0 amide bonds. The third-order valence-corrected chi connectivity index (χ3v) is 5.36. The minimum atomic E-state index is 0.538. The van der Waals surface area contributed by atoms with E-state index in [1.165, 1.54) is 61.4 Å². The molecule has 4 rings (SSSR count). The van der Waals surface area contributed by atoms with Crippen molar-refractivity contribution in [3.63, 3.8) is 0 Å². The molecule has 0 aromatic carbocycles. The third kappa shape index (κ3) is 3.32. The van der Waals surface area contributed by atoms with Crippen molar-refractivity contribution in [1.29, 1.82) is 0 Å². The molecule has 4 nitrogen and oxygen atoms in total. The number of fused-ring (bicyclic) bond motifs is 1. The first-order valence-electron chi connectivity index (χ1n) is 9.12. The van der Waals surface area contributed by atoms with Gasteiger partial charge in [-0.3, -0.25) is 4.98 Å². The summed E-state index contributed by atoms with van der Waals surface area (Å²) in [6.45, 7) is 2.19. The van der Waals surface area contributed by atoms with Crippen molar-refractivity contribution in [2.24, 2.45) is 0 Å². The maximum atomic E-state index is 4.75.